The summed E-state index contributed by atoms with van der Waals surface area (Å²) < 4.78 is 0. The molecule has 30 heavy (non-hydrogen) atoms. The first-order valence-corrected chi connectivity index (χ1v) is 10.3. The van der Waals surface area contributed by atoms with Crippen LogP contribution in [0, 0.1) is 5.92 Å². The van der Waals surface area contributed by atoms with Crippen molar-refractivity contribution in [3.05, 3.63) is 72.2 Å². The molecule has 0 radical (unpaired) electrons. The first-order chi connectivity index (χ1) is 14.7. The Hall–Kier alpha value is -3.48. The third kappa shape index (κ3) is 4.74. The summed E-state index contributed by atoms with van der Waals surface area (Å²) in [5.74, 6) is -0.289. The van der Waals surface area contributed by atoms with Gasteiger partial charge in [0.15, 0.2) is 0 Å². The molecular weight excluding hydrogens is 378 g/mol. The van der Waals surface area contributed by atoms with Crippen LogP contribution < -0.4 is 5.32 Å². The van der Waals surface area contributed by atoms with Gasteiger partial charge < -0.3 is 10.2 Å². The molecule has 1 atom stereocenters. The zero-order valence-corrected chi connectivity index (χ0v) is 16.8. The van der Waals surface area contributed by atoms with Gasteiger partial charge in [-0.25, -0.2) is 0 Å². The number of piperidine rings is 1. The zero-order chi connectivity index (χ0) is 20.8. The van der Waals surface area contributed by atoms with Gasteiger partial charge in [0.1, 0.15) is 5.69 Å². The Balaban J connectivity index is 1.32. The number of pyridine rings is 1. The molecule has 1 fully saturated rings. The lowest BCUT2D eigenvalue weighted by molar-refractivity contribution is -0.126. The number of carbonyl (C=O) groups is 2. The lowest BCUT2D eigenvalue weighted by Gasteiger charge is -2.31. The molecule has 2 N–H and O–H groups in total. The van der Waals surface area contributed by atoms with E-state index in [4.69, 9.17) is 0 Å². The molecule has 7 heteroatoms. The standard InChI is InChI=1S/C23H25N5O2/c29-22(25-12-10-17-6-2-1-3-7-17)19-9-5-13-28(16-19)23(30)21-14-20(26-27-21)18-8-4-11-24-15-18/h1-4,6-8,11,14-15,19H,5,9-10,12-13,16H2,(H,25,29)(H,26,27). The van der Waals surface area contributed by atoms with Crippen LogP contribution >= 0.6 is 0 Å². The molecule has 4 rings (SSSR count). The summed E-state index contributed by atoms with van der Waals surface area (Å²) in [6.07, 6.45) is 5.81. The van der Waals surface area contributed by atoms with Crippen LogP contribution in [0.1, 0.15) is 28.9 Å². The summed E-state index contributed by atoms with van der Waals surface area (Å²) in [7, 11) is 0. The van der Waals surface area contributed by atoms with Crippen molar-refractivity contribution in [1.82, 2.24) is 25.4 Å². The second-order valence-electron chi connectivity index (χ2n) is 7.53. The molecular formula is C23H25N5O2. The Labute approximate surface area is 175 Å². The molecule has 1 unspecified atom stereocenters. The number of carbonyl (C=O) groups excluding carboxylic acids is 2. The SMILES string of the molecule is O=C(NCCc1ccccc1)C1CCCN(C(=O)c2cc(-c3cccnc3)n[nH]2)C1. The van der Waals surface area contributed by atoms with E-state index in [2.05, 4.69) is 32.6 Å². The van der Waals surface area contributed by atoms with Crippen molar-refractivity contribution in [2.24, 2.45) is 5.92 Å². The van der Waals surface area contributed by atoms with E-state index in [9.17, 15) is 9.59 Å². The molecule has 3 aromatic rings. The second-order valence-corrected chi connectivity index (χ2v) is 7.53. The first kappa shape index (κ1) is 19.8. The number of rotatable bonds is 6. The predicted octanol–water partition coefficient (Wildman–Crippen LogP) is 2.68. The van der Waals surface area contributed by atoms with E-state index in [1.54, 1.807) is 23.4 Å². The van der Waals surface area contributed by atoms with E-state index in [0.717, 1.165) is 24.8 Å². The molecule has 0 aliphatic carbocycles. The van der Waals surface area contributed by atoms with E-state index < -0.39 is 0 Å². The van der Waals surface area contributed by atoms with Crippen LogP contribution in [0.5, 0.6) is 0 Å². The fraction of sp³-hybridized carbons (Fsp3) is 0.304. The maximum Gasteiger partial charge on any atom is 0.271 e. The smallest absolute Gasteiger partial charge is 0.271 e. The maximum atomic E-state index is 12.9. The summed E-state index contributed by atoms with van der Waals surface area (Å²) >= 11 is 0. The van der Waals surface area contributed by atoms with Gasteiger partial charge in [-0.2, -0.15) is 5.10 Å². The molecule has 0 bridgehead atoms. The Morgan fingerprint density at radius 1 is 1.17 bits per heavy atom. The largest absolute Gasteiger partial charge is 0.355 e. The van der Waals surface area contributed by atoms with E-state index in [1.807, 2.05) is 30.3 Å². The van der Waals surface area contributed by atoms with Crippen molar-refractivity contribution in [2.45, 2.75) is 19.3 Å². The van der Waals surface area contributed by atoms with Gasteiger partial charge in [0.05, 0.1) is 11.6 Å². The molecule has 1 saturated heterocycles. The fourth-order valence-electron chi connectivity index (χ4n) is 3.76. The number of H-pyrrole nitrogens is 1. The zero-order valence-electron chi connectivity index (χ0n) is 16.8. The maximum absolute atomic E-state index is 12.9. The number of aromatic nitrogens is 3. The Morgan fingerprint density at radius 3 is 2.83 bits per heavy atom. The highest BCUT2D eigenvalue weighted by atomic mass is 16.2. The molecule has 3 heterocycles. The van der Waals surface area contributed by atoms with E-state index in [1.165, 1.54) is 5.56 Å². The van der Waals surface area contributed by atoms with Crippen LogP contribution in [0.3, 0.4) is 0 Å². The van der Waals surface area contributed by atoms with E-state index >= 15 is 0 Å². The minimum atomic E-state index is -0.181. The summed E-state index contributed by atoms with van der Waals surface area (Å²) in [4.78, 5) is 31.4. The van der Waals surface area contributed by atoms with Crippen LogP contribution in [-0.2, 0) is 11.2 Å². The molecule has 0 spiro atoms. The molecule has 1 aliphatic rings. The summed E-state index contributed by atoms with van der Waals surface area (Å²) in [5.41, 5.74) is 3.15. The van der Waals surface area contributed by atoms with Gasteiger partial charge in [0.2, 0.25) is 5.91 Å². The van der Waals surface area contributed by atoms with Crippen molar-refractivity contribution < 1.29 is 9.59 Å². The number of hydrogen-bond donors (Lipinski definition) is 2. The van der Waals surface area contributed by atoms with Crippen LogP contribution in [0.2, 0.25) is 0 Å². The number of aromatic amines is 1. The van der Waals surface area contributed by atoms with Gasteiger partial charge in [-0.05, 0) is 43.0 Å². The van der Waals surface area contributed by atoms with Gasteiger partial charge in [0, 0.05) is 37.6 Å². The van der Waals surface area contributed by atoms with Gasteiger partial charge in [-0.1, -0.05) is 30.3 Å². The lowest BCUT2D eigenvalue weighted by Crippen LogP contribution is -2.45. The number of nitrogens with zero attached hydrogens (tertiary/aromatic N) is 3. The Bertz CT molecular complexity index is 987. The number of benzene rings is 1. The lowest BCUT2D eigenvalue weighted by atomic mass is 9.96. The molecule has 0 saturated carbocycles. The van der Waals surface area contributed by atoms with Crippen LogP contribution in [0.4, 0.5) is 0 Å². The molecule has 2 aromatic heterocycles. The highest BCUT2D eigenvalue weighted by Gasteiger charge is 2.29. The fourth-order valence-corrected chi connectivity index (χ4v) is 3.76. The quantitative estimate of drug-likeness (QED) is 0.662. The van der Waals surface area contributed by atoms with Crippen LogP contribution in [0.15, 0.2) is 60.9 Å². The summed E-state index contributed by atoms with van der Waals surface area (Å²) in [6, 6.07) is 15.5. The number of amides is 2. The first-order valence-electron chi connectivity index (χ1n) is 10.3. The Morgan fingerprint density at radius 2 is 2.03 bits per heavy atom. The topological polar surface area (TPSA) is 91.0 Å². The number of nitrogens with one attached hydrogen (secondary N) is 2. The van der Waals surface area contributed by atoms with Crippen molar-refractivity contribution in [1.29, 1.82) is 0 Å². The second kappa shape index (κ2) is 9.35. The van der Waals surface area contributed by atoms with Gasteiger partial charge in [0.25, 0.3) is 5.91 Å². The average molecular weight is 403 g/mol. The van der Waals surface area contributed by atoms with Gasteiger partial charge in [-0.3, -0.25) is 19.7 Å². The number of hydrogen-bond acceptors (Lipinski definition) is 4. The monoisotopic (exact) mass is 403 g/mol. The highest BCUT2D eigenvalue weighted by molar-refractivity contribution is 5.94. The van der Waals surface area contributed by atoms with E-state index in [-0.39, 0.29) is 17.7 Å². The minimum Gasteiger partial charge on any atom is -0.355 e. The molecule has 1 aliphatic heterocycles. The third-order valence-electron chi connectivity index (χ3n) is 5.40. The molecule has 7 nitrogen and oxygen atoms in total. The van der Waals surface area contributed by atoms with Crippen LogP contribution in [-0.4, -0.2) is 51.5 Å². The van der Waals surface area contributed by atoms with Crippen molar-refractivity contribution in [3.63, 3.8) is 0 Å². The predicted molar refractivity (Wildman–Crippen MR) is 114 cm³/mol. The molecule has 154 valence electrons. The molecule has 1 aromatic carbocycles. The normalized spacial score (nSPS) is 16.3. The van der Waals surface area contributed by atoms with Gasteiger partial charge in [-0.15, -0.1) is 0 Å². The van der Waals surface area contributed by atoms with Crippen molar-refractivity contribution >= 4 is 11.8 Å². The van der Waals surface area contributed by atoms with Crippen molar-refractivity contribution in [2.75, 3.05) is 19.6 Å². The van der Waals surface area contributed by atoms with Crippen molar-refractivity contribution in [3.8, 4) is 11.3 Å². The van der Waals surface area contributed by atoms with Crippen LogP contribution in [0.25, 0.3) is 11.3 Å². The Kier molecular flexibility index (Phi) is 6.17. The van der Waals surface area contributed by atoms with Gasteiger partial charge >= 0.3 is 0 Å². The summed E-state index contributed by atoms with van der Waals surface area (Å²) in [6.45, 7) is 1.67. The third-order valence-corrected chi connectivity index (χ3v) is 5.40. The highest BCUT2D eigenvalue weighted by Crippen LogP contribution is 2.21. The molecule has 2 amide bonds. The summed E-state index contributed by atoms with van der Waals surface area (Å²) in [5, 5.41) is 10.1. The average Bonchev–Trinajstić information content (AvgIpc) is 3.30. The van der Waals surface area contributed by atoms with E-state index in [0.29, 0.717) is 31.0 Å². The minimum absolute atomic E-state index is 0.0177. The number of likely N-dealkylation sites (tertiary alicyclic amines) is 1.